The van der Waals surface area contributed by atoms with Crippen LogP contribution in [0.2, 0.25) is 0 Å². The fourth-order valence-electron chi connectivity index (χ4n) is 1.83. The summed E-state index contributed by atoms with van der Waals surface area (Å²) in [6, 6.07) is 11.0. The van der Waals surface area contributed by atoms with Gasteiger partial charge in [0.1, 0.15) is 0 Å². The summed E-state index contributed by atoms with van der Waals surface area (Å²) in [4.78, 5) is 11.5. The number of hydrogen-bond donors (Lipinski definition) is 1. The third kappa shape index (κ3) is 3.43. The van der Waals surface area contributed by atoms with E-state index in [2.05, 4.69) is 4.72 Å². The molecule has 0 aliphatic heterocycles. The Bertz CT molecular complexity index is 800. The Kier molecular flexibility index (Phi) is 4.34. The zero-order valence-electron chi connectivity index (χ0n) is 11.6. The summed E-state index contributed by atoms with van der Waals surface area (Å²) in [5.74, 6) is 0. The van der Waals surface area contributed by atoms with Crippen LogP contribution in [0.5, 0.6) is 0 Å². The van der Waals surface area contributed by atoms with Gasteiger partial charge in [0.25, 0.3) is 15.3 Å². The van der Waals surface area contributed by atoms with Crippen LogP contribution >= 0.6 is 11.6 Å². The summed E-state index contributed by atoms with van der Waals surface area (Å²) in [6.07, 6.45) is 0. The first-order valence-corrected chi connectivity index (χ1v) is 8.06. The van der Waals surface area contributed by atoms with Crippen LogP contribution in [0, 0.1) is 13.8 Å². The number of carbonyl (C=O) groups excluding carboxylic acids is 1. The van der Waals surface area contributed by atoms with E-state index < -0.39 is 15.3 Å². The Morgan fingerprint density at radius 1 is 1.05 bits per heavy atom. The highest BCUT2D eigenvalue weighted by Gasteiger charge is 2.18. The molecule has 0 unspecified atom stereocenters. The van der Waals surface area contributed by atoms with E-state index in [9.17, 15) is 13.2 Å². The first kappa shape index (κ1) is 15.5. The lowest BCUT2D eigenvalue weighted by Crippen LogP contribution is -2.15. The minimum atomic E-state index is -3.77. The minimum absolute atomic E-state index is 0.117. The van der Waals surface area contributed by atoms with E-state index in [0.717, 1.165) is 11.1 Å². The highest BCUT2D eigenvalue weighted by Crippen LogP contribution is 2.22. The van der Waals surface area contributed by atoms with Crippen LogP contribution in [-0.2, 0) is 10.0 Å². The molecule has 2 aromatic rings. The Hall–Kier alpha value is -1.85. The van der Waals surface area contributed by atoms with E-state index in [1.165, 1.54) is 18.2 Å². The fraction of sp³-hybridized carbons (Fsp3) is 0.133. The van der Waals surface area contributed by atoms with Crippen LogP contribution in [-0.4, -0.2) is 13.7 Å². The third-order valence-corrected chi connectivity index (χ3v) is 4.74. The smallest absolute Gasteiger partial charge is 0.261 e. The van der Waals surface area contributed by atoms with Crippen molar-refractivity contribution in [2.45, 2.75) is 18.7 Å². The third-order valence-electron chi connectivity index (χ3n) is 3.17. The number of sulfonamides is 1. The summed E-state index contributed by atoms with van der Waals surface area (Å²) in [5.41, 5.74) is 2.16. The van der Waals surface area contributed by atoms with Gasteiger partial charge in [0.05, 0.1) is 16.1 Å². The van der Waals surface area contributed by atoms with E-state index in [-0.39, 0.29) is 16.1 Å². The molecule has 4 nitrogen and oxygen atoms in total. The van der Waals surface area contributed by atoms with E-state index in [4.69, 9.17) is 11.6 Å². The summed E-state index contributed by atoms with van der Waals surface area (Å²) in [7, 11) is -3.77. The average molecular weight is 324 g/mol. The van der Waals surface area contributed by atoms with E-state index in [1.54, 1.807) is 24.3 Å². The molecule has 0 aliphatic rings. The maximum Gasteiger partial charge on any atom is 0.261 e. The zero-order valence-corrected chi connectivity index (χ0v) is 13.1. The molecule has 0 spiro atoms. The molecule has 110 valence electrons. The molecule has 0 heterocycles. The number of halogens is 1. The van der Waals surface area contributed by atoms with Crippen molar-refractivity contribution in [1.82, 2.24) is 0 Å². The van der Waals surface area contributed by atoms with Crippen molar-refractivity contribution in [3.63, 3.8) is 0 Å². The molecule has 0 bridgehead atoms. The van der Waals surface area contributed by atoms with E-state index >= 15 is 0 Å². The Labute approximate surface area is 128 Å². The number of para-hydroxylation sites is 1. The van der Waals surface area contributed by atoms with Crippen molar-refractivity contribution in [3.05, 3.63) is 59.2 Å². The van der Waals surface area contributed by atoms with Gasteiger partial charge in [-0.2, -0.15) is 0 Å². The number of nitrogens with one attached hydrogen (secondary N) is 1. The Morgan fingerprint density at radius 2 is 1.71 bits per heavy atom. The zero-order chi connectivity index (χ0) is 15.6. The highest BCUT2D eigenvalue weighted by molar-refractivity contribution is 7.92. The molecule has 0 aromatic heterocycles. The number of rotatable bonds is 4. The van der Waals surface area contributed by atoms with Crippen molar-refractivity contribution in [1.29, 1.82) is 0 Å². The van der Waals surface area contributed by atoms with Gasteiger partial charge in [0.15, 0.2) is 0 Å². The van der Waals surface area contributed by atoms with Crippen LogP contribution < -0.4 is 4.72 Å². The van der Waals surface area contributed by atoms with Crippen molar-refractivity contribution in [3.8, 4) is 0 Å². The second-order valence-corrected chi connectivity index (χ2v) is 6.70. The van der Waals surface area contributed by atoms with Gasteiger partial charge in [-0.25, -0.2) is 8.42 Å². The Morgan fingerprint density at radius 3 is 2.33 bits per heavy atom. The van der Waals surface area contributed by atoms with Gasteiger partial charge >= 0.3 is 0 Å². The van der Waals surface area contributed by atoms with Crippen molar-refractivity contribution >= 4 is 32.6 Å². The molecule has 0 radical (unpaired) electrons. The second kappa shape index (κ2) is 5.87. The van der Waals surface area contributed by atoms with Crippen molar-refractivity contribution in [2.24, 2.45) is 0 Å². The predicted octanol–water partition coefficient (Wildman–Crippen LogP) is 3.48. The minimum Gasteiger partial charge on any atom is -0.279 e. The van der Waals surface area contributed by atoms with Crippen LogP contribution in [0.15, 0.2) is 47.4 Å². The van der Waals surface area contributed by atoms with Crippen LogP contribution in [0.1, 0.15) is 21.5 Å². The van der Waals surface area contributed by atoms with E-state index in [0.29, 0.717) is 0 Å². The van der Waals surface area contributed by atoms with Crippen molar-refractivity contribution in [2.75, 3.05) is 4.72 Å². The second-order valence-electron chi connectivity index (χ2n) is 4.67. The van der Waals surface area contributed by atoms with Crippen LogP contribution in [0.4, 0.5) is 5.69 Å². The molecule has 0 aliphatic carbocycles. The number of carbonyl (C=O) groups is 1. The van der Waals surface area contributed by atoms with Gasteiger partial charge in [-0.3, -0.25) is 9.52 Å². The van der Waals surface area contributed by atoms with Gasteiger partial charge in [0, 0.05) is 0 Å². The first-order chi connectivity index (χ1) is 9.81. The monoisotopic (exact) mass is 323 g/mol. The summed E-state index contributed by atoms with van der Waals surface area (Å²) >= 11 is 5.46. The standard InChI is InChI=1S/C15H14ClNO3S/c1-10-7-8-12(9-11(10)2)21(19,20)17-14-6-4-3-5-13(14)15(16)18/h3-9,17H,1-2H3. The van der Waals surface area contributed by atoms with Crippen molar-refractivity contribution < 1.29 is 13.2 Å². The highest BCUT2D eigenvalue weighted by atomic mass is 35.5. The molecule has 2 rings (SSSR count). The maximum atomic E-state index is 12.4. The maximum absolute atomic E-state index is 12.4. The molecule has 0 fully saturated rings. The summed E-state index contributed by atoms with van der Waals surface area (Å²) < 4.78 is 27.1. The van der Waals surface area contributed by atoms with Crippen LogP contribution in [0.3, 0.4) is 0 Å². The predicted molar refractivity (Wildman–Crippen MR) is 83.4 cm³/mol. The molecule has 0 atom stereocenters. The van der Waals surface area contributed by atoms with Gasteiger partial charge < -0.3 is 0 Å². The van der Waals surface area contributed by atoms with Gasteiger partial charge in [0.2, 0.25) is 0 Å². The Balaban J connectivity index is 2.42. The molecule has 0 amide bonds. The van der Waals surface area contributed by atoms with E-state index in [1.807, 2.05) is 13.8 Å². The lowest BCUT2D eigenvalue weighted by Gasteiger charge is -2.11. The molecule has 2 aromatic carbocycles. The lowest BCUT2D eigenvalue weighted by molar-refractivity contribution is 0.108. The molecule has 21 heavy (non-hydrogen) atoms. The summed E-state index contributed by atoms with van der Waals surface area (Å²) in [5, 5.41) is -0.714. The summed E-state index contributed by atoms with van der Waals surface area (Å²) in [6.45, 7) is 3.74. The topological polar surface area (TPSA) is 63.2 Å². The molecule has 0 saturated heterocycles. The number of hydrogen-bond acceptors (Lipinski definition) is 3. The normalized spacial score (nSPS) is 11.2. The van der Waals surface area contributed by atoms with Crippen LogP contribution in [0.25, 0.3) is 0 Å². The largest absolute Gasteiger partial charge is 0.279 e. The van der Waals surface area contributed by atoms with Gasteiger partial charge in [-0.15, -0.1) is 0 Å². The average Bonchev–Trinajstić information content (AvgIpc) is 2.41. The van der Waals surface area contributed by atoms with Gasteiger partial charge in [-0.05, 0) is 60.8 Å². The SMILES string of the molecule is Cc1ccc(S(=O)(=O)Nc2ccccc2C(=O)Cl)cc1C. The lowest BCUT2D eigenvalue weighted by atomic mass is 10.1. The number of anilines is 1. The molecular weight excluding hydrogens is 310 g/mol. The number of benzene rings is 2. The molecule has 0 saturated carbocycles. The first-order valence-electron chi connectivity index (χ1n) is 6.20. The molecule has 1 N–H and O–H groups in total. The molecular formula is C15H14ClNO3S. The fourth-order valence-corrected chi connectivity index (χ4v) is 3.16. The molecule has 6 heteroatoms. The quantitative estimate of drug-likeness (QED) is 0.876. The number of aryl methyl sites for hydroxylation is 2. The van der Waals surface area contributed by atoms with Gasteiger partial charge in [-0.1, -0.05) is 18.2 Å².